The number of carbonyl (C=O) groups excluding carboxylic acids is 2. The Morgan fingerprint density at radius 3 is 1.94 bits per heavy atom. The van der Waals surface area contributed by atoms with Crippen LogP contribution >= 0.6 is 0 Å². The van der Waals surface area contributed by atoms with E-state index in [1.54, 1.807) is 0 Å². The fourth-order valence-electron chi connectivity index (χ4n) is 2.56. The molecule has 12 nitrogen and oxygen atoms in total. The maximum atomic E-state index is 11.4. The summed E-state index contributed by atoms with van der Waals surface area (Å²) in [4.78, 5) is 45.2. The van der Waals surface area contributed by atoms with Gasteiger partial charge in [0, 0.05) is 26.1 Å². The summed E-state index contributed by atoms with van der Waals surface area (Å²) in [5, 5.41) is 9.05. The molecule has 0 saturated carbocycles. The minimum Gasteiger partial charge on any atom is -0.463 e. The number of ether oxygens (including phenoxy) is 5. The first-order valence-corrected chi connectivity index (χ1v) is 11.9. The Morgan fingerprint density at radius 1 is 1.03 bits per heavy atom. The molecule has 2 atom stereocenters. The van der Waals surface area contributed by atoms with Gasteiger partial charge in [-0.2, -0.15) is 0 Å². The number of esters is 2. The quantitative estimate of drug-likeness (QED) is 0.274. The van der Waals surface area contributed by atoms with Crippen molar-refractivity contribution in [2.75, 3.05) is 26.4 Å². The fourth-order valence-corrected chi connectivity index (χ4v) is 2.56. The molecule has 1 aliphatic heterocycles. The number of nitrogens with one attached hydrogen (secondary N) is 1. The molecule has 2 unspecified atom stereocenters. The van der Waals surface area contributed by atoms with Crippen LogP contribution < -0.4 is 11.2 Å². The molecule has 0 radical (unpaired) electrons. The van der Waals surface area contributed by atoms with E-state index in [-0.39, 0.29) is 44.3 Å². The molecule has 0 bridgehead atoms. The Kier molecular flexibility index (Phi) is 21.7. The van der Waals surface area contributed by atoms with E-state index in [1.165, 1.54) is 30.7 Å². The third-order valence-electron chi connectivity index (χ3n) is 4.00. The zero-order valence-electron chi connectivity index (χ0n) is 21.9. The van der Waals surface area contributed by atoms with Gasteiger partial charge in [0.05, 0.1) is 19.3 Å². The summed E-state index contributed by atoms with van der Waals surface area (Å²) < 4.78 is 25.6. The van der Waals surface area contributed by atoms with Crippen molar-refractivity contribution in [3.63, 3.8) is 0 Å². The van der Waals surface area contributed by atoms with E-state index >= 15 is 0 Å². The van der Waals surface area contributed by atoms with Gasteiger partial charge in [0.25, 0.3) is 12.0 Å². The molecule has 0 amide bonds. The number of rotatable bonds is 10. The molecule has 1 fully saturated rings. The van der Waals surface area contributed by atoms with Gasteiger partial charge in [-0.25, -0.2) is 4.79 Å². The van der Waals surface area contributed by atoms with Crippen molar-refractivity contribution >= 4 is 11.9 Å². The monoisotopic (exact) mass is 506 g/mol. The number of hydrogen-bond donors (Lipinski definition) is 2. The van der Waals surface area contributed by atoms with Crippen molar-refractivity contribution in [1.29, 1.82) is 0 Å². The van der Waals surface area contributed by atoms with Crippen molar-refractivity contribution in [1.82, 2.24) is 9.55 Å². The molecule has 12 heteroatoms. The molecule has 204 valence electrons. The summed E-state index contributed by atoms with van der Waals surface area (Å²) in [6.07, 6.45) is 4.24. The van der Waals surface area contributed by atoms with Crippen molar-refractivity contribution in [3.05, 3.63) is 33.1 Å². The van der Waals surface area contributed by atoms with Crippen LogP contribution in [0, 0.1) is 0 Å². The lowest BCUT2D eigenvalue weighted by Gasteiger charge is -2.14. The zero-order valence-corrected chi connectivity index (χ0v) is 21.9. The lowest BCUT2D eigenvalue weighted by Crippen LogP contribution is -2.31. The average molecular weight is 507 g/mol. The van der Waals surface area contributed by atoms with E-state index < -0.39 is 24.1 Å². The van der Waals surface area contributed by atoms with E-state index in [2.05, 4.69) is 21.4 Å². The van der Waals surface area contributed by atoms with Crippen molar-refractivity contribution in [3.8, 4) is 0 Å². The Morgan fingerprint density at radius 2 is 1.54 bits per heavy atom. The first kappa shape index (κ1) is 34.6. The maximum Gasteiger partial charge on any atom is 0.330 e. The number of nitrogens with zero attached hydrogens (tertiary/aromatic N) is 1. The topological polar surface area (TPSA) is 155 Å². The van der Waals surface area contributed by atoms with E-state index in [0.717, 1.165) is 19.3 Å². The summed E-state index contributed by atoms with van der Waals surface area (Å²) in [6, 6.07) is 1.34. The number of aliphatic hydroxyl groups is 1. The molecular formula is C23H42N2O10. The number of H-pyrrole nitrogens is 1. The predicted octanol–water partition coefficient (Wildman–Crippen LogP) is 2.10. The number of aromatic nitrogens is 2. The van der Waals surface area contributed by atoms with Crippen LogP contribution in [0.4, 0.5) is 0 Å². The molecule has 0 aliphatic carbocycles. The molecule has 0 spiro atoms. The molecule has 35 heavy (non-hydrogen) atoms. The normalized spacial score (nSPS) is 16.0. The second kappa shape index (κ2) is 22.0. The molecule has 0 aromatic carbocycles. The van der Waals surface area contributed by atoms with Gasteiger partial charge in [0.15, 0.2) is 0 Å². The van der Waals surface area contributed by atoms with Gasteiger partial charge in [-0.3, -0.25) is 23.9 Å². The standard InChI is InChI=1S/C10H14N2O3.C9H16O7.2C2H6/c1-2-7-3-4-9(15-7)12-6-5-8(13)11-10(12)14;1-7(10)13-3-5-15-9(12)16-6-4-14-8(2)11;2*1-2/h5-7,9H,2-4H2,1H3,(H,11,13,14);9,12H,3-6H2,1-2H3;2*1-2H3. The highest BCUT2D eigenvalue weighted by molar-refractivity contribution is 5.66. The van der Waals surface area contributed by atoms with Gasteiger partial charge < -0.3 is 28.8 Å². The molecule has 2 N–H and O–H groups in total. The Balaban J connectivity index is 0. The molecule has 2 heterocycles. The SMILES string of the molecule is CC.CC.CC(=O)OCCOC(O)OCCOC(C)=O.CCC1CCC(n2ccc(=O)[nH]c2=O)O1. The fraction of sp³-hybridized carbons (Fsp3) is 0.739. The van der Waals surface area contributed by atoms with Crippen LogP contribution in [0.5, 0.6) is 0 Å². The van der Waals surface area contributed by atoms with Gasteiger partial charge in [-0.05, 0) is 19.3 Å². The summed E-state index contributed by atoms with van der Waals surface area (Å²) in [5.41, 5.74) is -0.773. The van der Waals surface area contributed by atoms with Gasteiger partial charge in [-0.15, -0.1) is 0 Å². The number of hydrogen-bond acceptors (Lipinski definition) is 10. The van der Waals surface area contributed by atoms with Crippen LogP contribution in [0.2, 0.25) is 0 Å². The second-order valence-corrected chi connectivity index (χ2v) is 6.44. The van der Waals surface area contributed by atoms with Gasteiger partial charge in [-0.1, -0.05) is 34.6 Å². The van der Waals surface area contributed by atoms with Gasteiger partial charge in [0.2, 0.25) is 0 Å². The van der Waals surface area contributed by atoms with E-state index in [9.17, 15) is 19.2 Å². The van der Waals surface area contributed by atoms with Crippen LogP contribution in [0.1, 0.15) is 74.0 Å². The second-order valence-electron chi connectivity index (χ2n) is 6.44. The zero-order chi connectivity index (χ0) is 27.2. The average Bonchev–Trinajstić information content (AvgIpc) is 3.31. The molecule has 2 rings (SSSR count). The lowest BCUT2D eigenvalue weighted by atomic mass is 10.2. The Hall–Kier alpha value is -2.54. The minimum atomic E-state index is -1.42. The molecule has 1 saturated heterocycles. The molecule has 1 aromatic heterocycles. The first-order chi connectivity index (χ1) is 16.7. The predicted molar refractivity (Wildman–Crippen MR) is 129 cm³/mol. The van der Waals surface area contributed by atoms with Gasteiger partial charge in [0.1, 0.15) is 19.4 Å². The number of carbonyl (C=O) groups is 2. The van der Waals surface area contributed by atoms with Crippen LogP contribution in [0.3, 0.4) is 0 Å². The summed E-state index contributed by atoms with van der Waals surface area (Å²) >= 11 is 0. The Bertz CT molecular complexity index is 771. The van der Waals surface area contributed by atoms with Crippen LogP contribution in [-0.2, 0) is 33.3 Å². The maximum absolute atomic E-state index is 11.4. The highest BCUT2D eigenvalue weighted by Crippen LogP contribution is 2.28. The van der Waals surface area contributed by atoms with Crippen molar-refractivity contribution in [2.45, 2.75) is 86.5 Å². The molecule has 1 aromatic rings. The molecule has 1 aliphatic rings. The smallest absolute Gasteiger partial charge is 0.330 e. The van der Waals surface area contributed by atoms with Gasteiger partial charge >= 0.3 is 17.6 Å². The third kappa shape index (κ3) is 17.5. The summed E-state index contributed by atoms with van der Waals surface area (Å²) in [7, 11) is 0. The summed E-state index contributed by atoms with van der Waals surface area (Å²) in [6.45, 7) is 11.3. The summed E-state index contributed by atoms with van der Waals surface area (Å²) in [5.74, 6) is -0.845. The third-order valence-corrected chi connectivity index (χ3v) is 4.00. The lowest BCUT2D eigenvalue weighted by molar-refractivity contribution is -0.268. The van der Waals surface area contributed by atoms with Crippen LogP contribution in [-0.4, -0.2) is 65.6 Å². The highest BCUT2D eigenvalue weighted by atomic mass is 16.8. The van der Waals surface area contributed by atoms with Crippen molar-refractivity contribution in [2.24, 2.45) is 0 Å². The minimum absolute atomic E-state index is 0.0221. The first-order valence-electron chi connectivity index (χ1n) is 11.9. The number of aliphatic hydroxyl groups excluding tert-OH is 1. The van der Waals surface area contributed by atoms with E-state index in [0.29, 0.717) is 0 Å². The molecular weight excluding hydrogens is 464 g/mol. The highest BCUT2D eigenvalue weighted by Gasteiger charge is 2.25. The van der Waals surface area contributed by atoms with E-state index in [4.69, 9.17) is 19.3 Å². The largest absolute Gasteiger partial charge is 0.463 e. The van der Waals surface area contributed by atoms with Crippen LogP contribution in [0.25, 0.3) is 0 Å². The van der Waals surface area contributed by atoms with Crippen molar-refractivity contribution < 1.29 is 38.4 Å². The van der Waals surface area contributed by atoms with Crippen LogP contribution in [0.15, 0.2) is 21.9 Å². The van der Waals surface area contributed by atoms with E-state index in [1.807, 2.05) is 27.7 Å². The Labute approximate surface area is 206 Å². The number of aromatic amines is 1.